The number of sulfonamides is 1. The van der Waals surface area contributed by atoms with Crippen molar-refractivity contribution >= 4 is 27.5 Å². The molecular weight excluding hydrogens is 497 g/mol. The van der Waals surface area contributed by atoms with Crippen LogP contribution >= 0.6 is 0 Å². The second kappa shape index (κ2) is 14.0. The van der Waals surface area contributed by atoms with Crippen LogP contribution in [0.2, 0.25) is 0 Å². The van der Waals surface area contributed by atoms with Gasteiger partial charge in [-0.3, -0.25) is 13.9 Å². The first-order valence-electron chi connectivity index (χ1n) is 12.5. The molecule has 2 rings (SSSR count). The van der Waals surface area contributed by atoms with Gasteiger partial charge in [0, 0.05) is 25.6 Å². The first kappa shape index (κ1) is 30.1. The van der Waals surface area contributed by atoms with Crippen molar-refractivity contribution in [2.45, 2.75) is 65.6 Å². The summed E-state index contributed by atoms with van der Waals surface area (Å²) in [5.41, 5.74) is 1.09. The molecule has 1 N–H and O–H groups in total. The summed E-state index contributed by atoms with van der Waals surface area (Å²) in [5.74, 6) is -0.539. The number of amides is 2. The Balaban J connectivity index is 2.20. The Morgan fingerprint density at radius 3 is 2.30 bits per heavy atom. The van der Waals surface area contributed by atoms with E-state index in [-0.39, 0.29) is 43.8 Å². The van der Waals surface area contributed by atoms with Gasteiger partial charge >= 0.3 is 0 Å². The van der Waals surface area contributed by atoms with Crippen LogP contribution in [-0.4, -0.2) is 56.6 Å². The zero-order valence-corrected chi connectivity index (χ0v) is 23.1. The van der Waals surface area contributed by atoms with Gasteiger partial charge in [-0.1, -0.05) is 31.2 Å². The summed E-state index contributed by atoms with van der Waals surface area (Å²) in [6.07, 6.45) is 2.10. The van der Waals surface area contributed by atoms with E-state index >= 15 is 0 Å². The van der Waals surface area contributed by atoms with Crippen molar-refractivity contribution in [3.8, 4) is 5.75 Å². The van der Waals surface area contributed by atoms with Crippen molar-refractivity contribution in [1.29, 1.82) is 0 Å². The van der Waals surface area contributed by atoms with E-state index < -0.39 is 21.9 Å². The van der Waals surface area contributed by atoms with Crippen LogP contribution in [0.3, 0.4) is 0 Å². The van der Waals surface area contributed by atoms with Crippen molar-refractivity contribution in [1.82, 2.24) is 10.2 Å². The van der Waals surface area contributed by atoms with Gasteiger partial charge in [0.25, 0.3) is 0 Å². The SMILES string of the molecule is CCOc1ccccc1N(CCCC(=O)N(Cc1ccc(F)cc1)C(C)C(=O)NC(C)CC)S(C)(=O)=O. The summed E-state index contributed by atoms with van der Waals surface area (Å²) in [5, 5.41) is 2.90. The third-order valence-corrected chi connectivity index (χ3v) is 7.20. The lowest BCUT2D eigenvalue weighted by molar-refractivity contribution is -0.140. The van der Waals surface area contributed by atoms with Gasteiger partial charge in [-0.15, -0.1) is 0 Å². The number of benzene rings is 2. The van der Waals surface area contributed by atoms with Crippen molar-refractivity contribution < 1.29 is 27.1 Å². The topological polar surface area (TPSA) is 96.0 Å². The van der Waals surface area contributed by atoms with Crippen LogP contribution in [0.5, 0.6) is 5.75 Å². The molecule has 0 bridgehead atoms. The third-order valence-electron chi connectivity index (χ3n) is 6.02. The second-order valence-electron chi connectivity index (χ2n) is 8.98. The Kier molecular flexibility index (Phi) is 11.4. The molecule has 0 radical (unpaired) electrons. The minimum Gasteiger partial charge on any atom is -0.492 e. The first-order valence-corrected chi connectivity index (χ1v) is 14.4. The molecule has 0 saturated carbocycles. The fourth-order valence-corrected chi connectivity index (χ4v) is 4.73. The second-order valence-corrected chi connectivity index (χ2v) is 10.9. The first-order chi connectivity index (χ1) is 17.5. The summed E-state index contributed by atoms with van der Waals surface area (Å²) >= 11 is 0. The molecule has 0 aliphatic rings. The summed E-state index contributed by atoms with van der Waals surface area (Å²) in [6, 6.07) is 11.8. The van der Waals surface area contributed by atoms with Crippen molar-refractivity contribution in [3.63, 3.8) is 0 Å². The molecule has 2 atom stereocenters. The van der Waals surface area contributed by atoms with Gasteiger partial charge in [-0.05, 0) is 63.4 Å². The highest BCUT2D eigenvalue weighted by atomic mass is 32.2. The molecule has 0 aliphatic carbocycles. The molecule has 0 aromatic heterocycles. The fraction of sp³-hybridized carbons (Fsp3) is 0.481. The summed E-state index contributed by atoms with van der Waals surface area (Å²) in [6.45, 7) is 7.87. The molecule has 2 aromatic rings. The molecule has 204 valence electrons. The molecule has 2 aromatic carbocycles. The van der Waals surface area contributed by atoms with Crippen LogP contribution in [0.25, 0.3) is 0 Å². The number of hydrogen-bond donors (Lipinski definition) is 1. The van der Waals surface area contributed by atoms with Gasteiger partial charge in [0.1, 0.15) is 17.6 Å². The molecular formula is C27H38FN3O5S. The molecule has 2 amide bonds. The lowest BCUT2D eigenvalue weighted by Gasteiger charge is -2.30. The van der Waals surface area contributed by atoms with E-state index in [0.717, 1.165) is 12.7 Å². The standard InChI is InChI=1S/C27H38FN3O5S/c1-6-20(3)29-27(33)21(4)30(19-22-14-16-23(28)17-15-22)26(32)13-10-18-31(37(5,34)35)24-11-8-9-12-25(24)36-7-2/h8-9,11-12,14-17,20-21H,6-7,10,13,18-19H2,1-5H3,(H,29,33). The number of carbonyl (C=O) groups is 2. The maximum atomic E-state index is 13.4. The highest BCUT2D eigenvalue weighted by Gasteiger charge is 2.27. The van der Waals surface area contributed by atoms with Gasteiger partial charge in [-0.25, -0.2) is 12.8 Å². The number of para-hydroxylation sites is 2. The fourth-order valence-electron chi connectivity index (χ4n) is 3.76. The highest BCUT2D eigenvalue weighted by Crippen LogP contribution is 2.30. The van der Waals surface area contributed by atoms with E-state index in [9.17, 15) is 22.4 Å². The van der Waals surface area contributed by atoms with E-state index in [0.29, 0.717) is 23.6 Å². The van der Waals surface area contributed by atoms with E-state index in [1.54, 1.807) is 43.3 Å². The van der Waals surface area contributed by atoms with Crippen LogP contribution < -0.4 is 14.4 Å². The molecule has 0 fully saturated rings. The Morgan fingerprint density at radius 1 is 1.05 bits per heavy atom. The van der Waals surface area contributed by atoms with Crippen molar-refractivity contribution in [2.24, 2.45) is 0 Å². The average molecular weight is 536 g/mol. The Hall–Kier alpha value is -3.14. The van der Waals surface area contributed by atoms with E-state index in [4.69, 9.17) is 4.74 Å². The Morgan fingerprint density at radius 2 is 1.70 bits per heavy atom. The van der Waals surface area contributed by atoms with Crippen molar-refractivity contribution in [2.75, 3.05) is 23.7 Å². The molecule has 37 heavy (non-hydrogen) atoms. The smallest absolute Gasteiger partial charge is 0.242 e. The molecule has 10 heteroatoms. The van der Waals surface area contributed by atoms with E-state index in [1.807, 2.05) is 20.8 Å². The maximum absolute atomic E-state index is 13.4. The van der Waals surface area contributed by atoms with Gasteiger partial charge in [-0.2, -0.15) is 0 Å². The molecule has 0 aliphatic heterocycles. The number of halogens is 1. The summed E-state index contributed by atoms with van der Waals surface area (Å²) < 4.78 is 45.4. The van der Waals surface area contributed by atoms with E-state index in [1.165, 1.54) is 21.3 Å². The van der Waals surface area contributed by atoms with Gasteiger partial charge < -0.3 is 15.0 Å². The zero-order valence-electron chi connectivity index (χ0n) is 22.2. The van der Waals surface area contributed by atoms with Crippen LogP contribution in [0.1, 0.15) is 52.5 Å². The Bertz CT molecular complexity index is 1140. The predicted octanol–water partition coefficient (Wildman–Crippen LogP) is 4.10. The van der Waals surface area contributed by atoms with Crippen LogP contribution in [0.4, 0.5) is 10.1 Å². The number of nitrogens with one attached hydrogen (secondary N) is 1. The normalized spacial score (nSPS) is 12.9. The van der Waals surface area contributed by atoms with E-state index in [2.05, 4.69) is 5.32 Å². The third kappa shape index (κ3) is 9.03. The monoisotopic (exact) mass is 535 g/mol. The highest BCUT2D eigenvalue weighted by molar-refractivity contribution is 7.92. The lowest BCUT2D eigenvalue weighted by Crippen LogP contribution is -2.49. The minimum atomic E-state index is -3.65. The zero-order chi connectivity index (χ0) is 27.6. The van der Waals surface area contributed by atoms with Crippen LogP contribution in [0, 0.1) is 5.82 Å². The summed E-state index contributed by atoms with van der Waals surface area (Å²) in [7, 11) is -3.65. The molecule has 8 nitrogen and oxygen atoms in total. The number of rotatable bonds is 14. The number of anilines is 1. The minimum absolute atomic E-state index is 0.0188. The maximum Gasteiger partial charge on any atom is 0.242 e. The number of carbonyl (C=O) groups excluding carboxylic acids is 2. The average Bonchev–Trinajstić information content (AvgIpc) is 2.85. The van der Waals surface area contributed by atoms with Gasteiger partial charge in [0.05, 0.1) is 18.6 Å². The summed E-state index contributed by atoms with van der Waals surface area (Å²) in [4.78, 5) is 27.6. The van der Waals surface area contributed by atoms with Crippen LogP contribution in [0.15, 0.2) is 48.5 Å². The largest absolute Gasteiger partial charge is 0.492 e. The Labute approximate surface area is 219 Å². The number of ether oxygens (including phenoxy) is 1. The van der Waals surface area contributed by atoms with Gasteiger partial charge in [0.15, 0.2) is 0 Å². The molecule has 0 heterocycles. The number of hydrogen-bond acceptors (Lipinski definition) is 5. The van der Waals surface area contributed by atoms with Crippen molar-refractivity contribution in [3.05, 3.63) is 59.9 Å². The van der Waals surface area contributed by atoms with Crippen LogP contribution in [-0.2, 0) is 26.2 Å². The molecule has 2 unspecified atom stereocenters. The molecule has 0 spiro atoms. The predicted molar refractivity (Wildman–Crippen MR) is 143 cm³/mol. The molecule has 0 saturated heterocycles. The quantitative estimate of drug-likeness (QED) is 0.393. The lowest BCUT2D eigenvalue weighted by atomic mass is 10.1. The number of nitrogens with zero attached hydrogens (tertiary/aromatic N) is 2. The van der Waals surface area contributed by atoms with Gasteiger partial charge in [0.2, 0.25) is 21.8 Å².